The van der Waals surface area contributed by atoms with Crippen LogP contribution in [0, 0.1) is 6.92 Å². The Balaban J connectivity index is 3.20. The molecule has 1 N–H and O–H groups in total. The highest BCUT2D eigenvalue weighted by molar-refractivity contribution is 5.71. The number of alkyl halides is 2. The Morgan fingerprint density at radius 1 is 1.47 bits per heavy atom. The number of hydrogen-bond donors (Lipinski definition) is 1. The van der Waals surface area contributed by atoms with Gasteiger partial charge in [0.2, 0.25) is 0 Å². The Morgan fingerprint density at radius 2 is 2.07 bits per heavy atom. The molecule has 0 spiro atoms. The van der Waals surface area contributed by atoms with Gasteiger partial charge in [0.1, 0.15) is 0 Å². The van der Waals surface area contributed by atoms with Crippen molar-refractivity contribution in [2.45, 2.75) is 26.2 Å². The van der Waals surface area contributed by atoms with Gasteiger partial charge in [0.05, 0.1) is 6.42 Å². The second-order valence-electron chi connectivity index (χ2n) is 3.62. The van der Waals surface area contributed by atoms with Gasteiger partial charge in [-0.05, 0) is 12.5 Å². The monoisotopic (exact) mass is 214 g/mol. The predicted octanol–water partition coefficient (Wildman–Crippen LogP) is 2.73. The molecule has 0 atom stereocenters. The Morgan fingerprint density at radius 3 is 2.53 bits per heavy atom. The van der Waals surface area contributed by atoms with Gasteiger partial charge in [0.25, 0.3) is 5.92 Å². The van der Waals surface area contributed by atoms with Crippen molar-refractivity contribution in [3.05, 3.63) is 34.9 Å². The Kier molecular flexibility index (Phi) is 3.07. The van der Waals surface area contributed by atoms with Crippen molar-refractivity contribution >= 4 is 5.97 Å². The highest BCUT2D eigenvalue weighted by Crippen LogP contribution is 2.30. The average Bonchev–Trinajstić information content (AvgIpc) is 1.99. The van der Waals surface area contributed by atoms with Gasteiger partial charge in [0, 0.05) is 12.5 Å². The molecule has 0 aliphatic rings. The fourth-order valence-corrected chi connectivity index (χ4v) is 1.46. The molecule has 0 aromatic heterocycles. The maximum Gasteiger partial charge on any atom is 0.307 e. The maximum absolute atomic E-state index is 13.1. The summed E-state index contributed by atoms with van der Waals surface area (Å²) < 4.78 is 26.2. The molecule has 0 heterocycles. The lowest BCUT2D eigenvalue weighted by molar-refractivity contribution is -0.136. The predicted molar refractivity (Wildman–Crippen MR) is 52.1 cm³/mol. The number of halogens is 2. The van der Waals surface area contributed by atoms with Gasteiger partial charge in [-0.25, -0.2) is 8.78 Å². The van der Waals surface area contributed by atoms with Crippen molar-refractivity contribution in [3.8, 4) is 0 Å². The zero-order valence-electron chi connectivity index (χ0n) is 8.55. The summed E-state index contributed by atoms with van der Waals surface area (Å²) in [6, 6.07) is 4.33. The van der Waals surface area contributed by atoms with E-state index in [1.54, 1.807) is 13.0 Å². The zero-order valence-corrected chi connectivity index (χ0v) is 8.55. The van der Waals surface area contributed by atoms with E-state index in [1.165, 1.54) is 12.1 Å². The quantitative estimate of drug-likeness (QED) is 0.839. The molecule has 0 amide bonds. The van der Waals surface area contributed by atoms with Gasteiger partial charge < -0.3 is 5.11 Å². The summed E-state index contributed by atoms with van der Waals surface area (Å²) in [7, 11) is 0. The van der Waals surface area contributed by atoms with E-state index in [0.29, 0.717) is 0 Å². The van der Waals surface area contributed by atoms with Gasteiger partial charge in [-0.3, -0.25) is 4.79 Å². The Bertz CT molecular complexity index is 381. The lowest BCUT2D eigenvalue weighted by Crippen LogP contribution is -2.13. The van der Waals surface area contributed by atoms with Crippen molar-refractivity contribution in [1.29, 1.82) is 0 Å². The second kappa shape index (κ2) is 3.96. The number of aryl methyl sites for hydroxylation is 1. The molecular weight excluding hydrogens is 202 g/mol. The summed E-state index contributed by atoms with van der Waals surface area (Å²) in [6.07, 6.45) is -0.375. The number of rotatable bonds is 3. The molecular formula is C11H12F2O2. The van der Waals surface area contributed by atoms with E-state index in [9.17, 15) is 13.6 Å². The molecule has 1 aromatic carbocycles. The smallest absolute Gasteiger partial charge is 0.307 e. The van der Waals surface area contributed by atoms with Crippen LogP contribution >= 0.6 is 0 Å². The fourth-order valence-electron chi connectivity index (χ4n) is 1.46. The van der Waals surface area contributed by atoms with Crippen LogP contribution < -0.4 is 0 Å². The summed E-state index contributed by atoms with van der Waals surface area (Å²) in [5.41, 5.74) is 0.741. The van der Waals surface area contributed by atoms with E-state index in [0.717, 1.165) is 12.5 Å². The molecule has 0 aliphatic heterocycles. The van der Waals surface area contributed by atoms with Crippen LogP contribution in [-0.2, 0) is 17.1 Å². The molecule has 1 rings (SSSR count). The minimum absolute atomic E-state index is 0.176. The summed E-state index contributed by atoms with van der Waals surface area (Å²) >= 11 is 0. The molecule has 0 unspecified atom stereocenters. The fraction of sp³-hybridized carbons (Fsp3) is 0.364. The van der Waals surface area contributed by atoms with Crippen LogP contribution in [0.3, 0.4) is 0 Å². The molecule has 1 aromatic rings. The maximum atomic E-state index is 13.1. The van der Waals surface area contributed by atoms with Crippen LogP contribution in [0.2, 0.25) is 0 Å². The lowest BCUT2D eigenvalue weighted by atomic mass is 9.98. The largest absolute Gasteiger partial charge is 0.481 e. The molecule has 0 saturated carbocycles. The number of aliphatic carboxylic acids is 1. The minimum Gasteiger partial charge on any atom is -0.481 e. The van der Waals surface area contributed by atoms with Crippen LogP contribution in [0.4, 0.5) is 8.78 Å². The molecule has 0 radical (unpaired) electrons. The van der Waals surface area contributed by atoms with E-state index in [1.807, 2.05) is 0 Å². The molecule has 0 bridgehead atoms. The van der Waals surface area contributed by atoms with E-state index < -0.39 is 11.9 Å². The van der Waals surface area contributed by atoms with Crippen molar-refractivity contribution < 1.29 is 18.7 Å². The summed E-state index contributed by atoms with van der Waals surface area (Å²) in [4.78, 5) is 10.5. The molecule has 15 heavy (non-hydrogen) atoms. The van der Waals surface area contributed by atoms with Crippen LogP contribution in [-0.4, -0.2) is 11.1 Å². The molecule has 0 saturated heterocycles. The normalized spacial score (nSPS) is 11.5. The number of carboxylic acids is 1. The van der Waals surface area contributed by atoms with Crippen molar-refractivity contribution in [3.63, 3.8) is 0 Å². The van der Waals surface area contributed by atoms with Crippen LogP contribution in [0.1, 0.15) is 23.6 Å². The Labute approximate surface area is 86.5 Å². The third-order valence-electron chi connectivity index (χ3n) is 2.08. The number of hydrogen-bond acceptors (Lipinski definition) is 1. The summed E-state index contributed by atoms with van der Waals surface area (Å²) in [5, 5.41) is 8.60. The highest BCUT2D eigenvalue weighted by Gasteiger charge is 2.27. The molecule has 0 aliphatic carbocycles. The van der Waals surface area contributed by atoms with Crippen molar-refractivity contribution in [1.82, 2.24) is 0 Å². The van der Waals surface area contributed by atoms with E-state index in [4.69, 9.17) is 5.11 Å². The van der Waals surface area contributed by atoms with Crippen molar-refractivity contribution in [2.75, 3.05) is 0 Å². The summed E-state index contributed by atoms with van der Waals surface area (Å²) in [6.45, 7) is 2.51. The third-order valence-corrected chi connectivity index (χ3v) is 2.08. The third kappa shape index (κ3) is 3.01. The number of carbonyl (C=O) groups is 1. The van der Waals surface area contributed by atoms with Gasteiger partial charge in [-0.2, -0.15) is 0 Å². The first-order valence-electron chi connectivity index (χ1n) is 4.50. The topological polar surface area (TPSA) is 37.3 Å². The molecule has 2 nitrogen and oxygen atoms in total. The van der Waals surface area contributed by atoms with Crippen LogP contribution in [0.5, 0.6) is 0 Å². The highest BCUT2D eigenvalue weighted by atomic mass is 19.3. The summed E-state index contributed by atoms with van der Waals surface area (Å²) in [5.74, 6) is -4.11. The van der Waals surface area contributed by atoms with Crippen LogP contribution in [0.15, 0.2) is 18.2 Å². The Hall–Kier alpha value is -1.45. The first-order chi connectivity index (χ1) is 6.80. The number of benzene rings is 1. The number of carboxylic acid groups (broad SMARTS) is 1. The van der Waals surface area contributed by atoms with Crippen LogP contribution in [0.25, 0.3) is 0 Å². The SMILES string of the molecule is Cc1ccc(C(C)(F)F)c(CC(=O)O)c1. The molecule has 82 valence electrons. The van der Waals surface area contributed by atoms with Gasteiger partial charge in [0.15, 0.2) is 0 Å². The standard InChI is InChI=1S/C11H12F2O2/c1-7-3-4-9(11(2,12)13)8(5-7)6-10(14)15/h3-5H,6H2,1-2H3,(H,14,15). The zero-order chi connectivity index (χ0) is 11.6. The first kappa shape index (κ1) is 11.6. The van der Waals surface area contributed by atoms with Gasteiger partial charge >= 0.3 is 5.97 Å². The van der Waals surface area contributed by atoms with Gasteiger partial charge in [-0.1, -0.05) is 23.8 Å². The van der Waals surface area contributed by atoms with E-state index >= 15 is 0 Å². The lowest BCUT2D eigenvalue weighted by Gasteiger charge is -2.15. The second-order valence-corrected chi connectivity index (χ2v) is 3.62. The van der Waals surface area contributed by atoms with Gasteiger partial charge in [-0.15, -0.1) is 0 Å². The first-order valence-corrected chi connectivity index (χ1v) is 4.50. The average molecular weight is 214 g/mol. The van der Waals surface area contributed by atoms with Crippen molar-refractivity contribution in [2.24, 2.45) is 0 Å². The molecule has 0 fully saturated rings. The molecule has 4 heteroatoms. The van der Waals surface area contributed by atoms with E-state index in [2.05, 4.69) is 0 Å². The van der Waals surface area contributed by atoms with E-state index in [-0.39, 0.29) is 17.5 Å². The minimum atomic E-state index is -3.00.